The Morgan fingerprint density at radius 3 is 2.28 bits per heavy atom. The van der Waals surface area contributed by atoms with E-state index in [1.807, 2.05) is 30.3 Å². The molecule has 5 rings (SSSR count). The molecule has 4 aromatic carbocycles. The minimum Gasteiger partial charge on any atom is -0.445 e. The second-order valence-electron chi connectivity index (χ2n) is 8.76. The number of aromatic nitrogens is 1. The van der Waals surface area contributed by atoms with Crippen LogP contribution in [0.15, 0.2) is 114 Å². The van der Waals surface area contributed by atoms with E-state index in [-0.39, 0.29) is 22.0 Å². The predicted octanol–water partition coefficient (Wildman–Crippen LogP) is 6.08. The summed E-state index contributed by atoms with van der Waals surface area (Å²) in [4.78, 5) is 29.8. The quantitative estimate of drug-likeness (QED) is 0.168. The van der Waals surface area contributed by atoms with Gasteiger partial charge in [-0.15, -0.1) is 0 Å². The van der Waals surface area contributed by atoms with Gasteiger partial charge in [0, 0.05) is 34.8 Å². The third-order valence-corrected chi connectivity index (χ3v) is 8.07. The van der Waals surface area contributed by atoms with Crippen LogP contribution >= 0.6 is 11.6 Å². The number of ketones is 1. The van der Waals surface area contributed by atoms with E-state index >= 15 is 0 Å². The highest BCUT2D eigenvalue weighted by atomic mass is 35.5. The molecule has 0 fully saturated rings. The summed E-state index contributed by atoms with van der Waals surface area (Å²) in [6.07, 6.45) is 0.326. The molecule has 0 aliphatic heterocycles. The Balaban J connectivity index is 1.43. The lowest BCUT2D eigenvalue weighted by Crippen LogP contribution is -2.24. The lowest BCUT2D eigenvalue weighted by atomic mass is 9.99. The summed E-state index contributed by atoms with van der Waals surface area (Å²) in [5, 5.41) is 0.644. The summed E-state index contributed by atoms with van der Waals surface area (Å²) in [5.74, 6) is -1.29. The minimum atomic E-state index is -4.06. The normalized spacial score (nSPS) is 12.2. The van der Waals surface area contributed by atoms with E-state index in [1.165, 1.54) is 12.1 Å². The van der Waals surface area contributed by atoms with E-state index in [2.05, 4.69) is 9.71 Å². The Morgan fingerprint density at radius 2 is 1.54 bits per heavy atom. The summed E-state index contributed by atoms with van der Waals surface area (Å²) in [6, 6.07) is 28.8. The Morgan fingerprint density at radius 1 is 0.872 bits per heavy atom. The third kappa shape index (κ3) is 5.78. The molecule has 39 heavy (non-hydrogen) atoms. The topological polar surface area (TPSA) is 105 Å². The van der Waals surface area contributed by atoms with Crippen LogP contribution in [-0.2, 0) is 21.3 Å². The van der Waals surface area contributed by atoms with Crippen molar-refractivity contribution >= 4 is 44.3 Å². The van der Waals surface area contributed by atoms with Gasteiger partial charge in [-0.1, -0.05) is 90.5 Å². The van der Waals surface area contributed by atoms with Crippen LogP contribution in [0.25, 0.3) is 10.9 Å². The molecule has 0 saturated carbocycles. The Hall–Kier alpha value is -4.24. The van der Waals surface area contributed by atoms with Gasteiger partial charge in [0.15, 0.2) is 6.10 Å². The number of ether oxygens (including phenoxy) is 1. The number of Topliss-reactive ketones (excluding diaryl/α,β-unsaturated/α-hetero) is 1. The van der Waals surface area contributed by atoms with Gasteiger partial charge in [-0.2, -0.15) is 0 Å². The average Bonchev–Trinajstić information content (AvgIpc) is 3.40. The number of esters is 1. The number of hydrogen-bond acceptors (Lipinski definition) is 5. The number of benzene rings is 4. The molecule has 0 bridgehead atoms. The first-order valence-corrected chi connectivity index (χ1v) is 13.9. The molecule has 0 aliphatic rings. The zero-order chi connectivity index (χ0) is 27.4. The van der Waals surface area contributed by atoms with Crippen molar-refractivity contribution in [3.05, 3.63) is 137 Å². The highest BCUT2D eigenvalue weighted by molar-refractivity contribution is 7.89. The third-order valence-electron chi connectivity index (χ3n) is 6.19. The van der Waals surface area contributed by atoms with E-state index in [1.54, 1.807) is 60.8 Å². The SMILES string of the molecule is O=C(O[C@@H](C(=O)c1c[nH]c2ccccc12)c1ccccc1)c1ccc(Cl)c(S(=O)(=O)NCc2ccccc2)c1. The number of H-pyrrole nitrogens is 1. The zero-order valence-electron chi connectivity index (χ0n) is 20.5. The predicted molar refractivity (Wildman–Crippen MR) is 149 cm³/mol. The van der Waals surface area contributed by atoms with Gasteiger partial charge >= 0.3 is 5.97 Å². The Bertz CT molecular complexity index is 1750. The van der Waals surface area contributed by atoms with Crippen LogP contribution < -0.4 is 4.72 Å². The second-order valence-corrected chi connectivity index (χ2v) is 10.9. The number of nitrogens with one attached hydrogen (secondary N) is 2. The molecule has 196 valence electrons. The Kier molecular flexibility index (Phi) is 7.60. The fourth-order valence-corrected chi connectivity index (χ4v) is 5.72. The molecule has 0 unspecified atom stereocenters. The number of rotatable bonds is 9. The fraction of sp³-hybridized carbons (Fsp3) is 0.0667. The molecule has 0 radical (unpaired) electrons. The van der Waals surface area contributed by atoms with Crippen LogP contribution in [-0.4, -0.2) is 25.2 Å². The Labute approximate surface area is 230 Å². The van der Waals surface area contributed by atoms with Crippen LogP contribution in [0.1, 0.15) is 37.9 Å². The molecule has 7 nitrogen and oxygen atoms in total. The molecule has 0 amide bonds. The van der Waals surface area contributed by atoms with Crippen molar-refractivity contribution in [2.45, 2.75) is 17.5 Å². The summed E-state index contributed by atoms with van der Waals surface area (Å²) in [5.41, 5.74) is 2.32. The number of para-hydroxylation sites is 1. The molecule has 1 atom stereocenters. The van der Waals surface area contributed by atoms with E-state index in [0.29, 0.717) is 16.5 Å². The van der Waals surface area contributed by atoms with Crippen LogP contribution in [0.5, 0.6) is 0 Å². The van der Waals surface area contributed by atoms with Crippen molar-refractivity contribution in [2.24, 2.45) is 0 Å². The molecule has 9 heteroatoms. The maximum atomic E-state index is 13.7. The van der Waals surface area contributed by atoms with Gasteiger partial charge in [-0.25, -0.2) is 17.9 Å². The number of aromatic amines is 1. The van der Waals surface area contributed by atoms with Crippen molar-refractivity contribution in [1.29, 1.82) is 0 Å². The van der Waals surface area contributed by atoms with Gasteiger partial charge in [0.05, 0.1) is 10.6 Å². The number of carbonyl (C=O) groups is 2. The van der Waals surface area contributed by atoms with Crippen LogP contribution in [0.2, 0.25) is 5.02 Å². The second kappa shape index (κ2) is 11.2. The summed E-state index contributed by atoms with van der Waals surface area (Å²) in [6.45, 7) is 0.0450. The van der Waals surface area contributed by atoms with Crippen molar-refractivity contribution in [3.63, 3.8) is 0 Å². The molecule has 2 N–H and O–H groups in total. The number of hydrogen-bond donors (Lipinski definition) is 2. The first kappa shape index (κ1) is 26.4. The zero-order valence-corrected chi connectivity index (χ0v) is 22.1. The summed E-state index contributed by atoms with van der Waals surface area (Å²) in [7, 11) is -4.06. The minimum absolute atomic E-state index is 0.0450. The van der Waals surface area contributed by atoms with E-state index in [0.717, 1.165) is 17.1 Å². The monoisotopic (exact) mass is 558 g/mol. The fourth-order valence-electron chi connectivity index (χ4n) is 4.18. The van der Waals surface area contributed by atoms with Gasteiger partial charge in [0.25, 0.3) is 0 Å². The smallest absolute Gasteiger partial charge is 0.339 e. The molecule has 1 aromatic heterocycles. The average molecular weight is 559 g/mol. The largest absolute Gasteiger partial charge is 0.445 e. The van der Waals surface area contributed by atoms with Crippen LogP contribution in [0.3, 0.4) is 0 Å². The van der Waals surface area contributed by atoms with Crippen LogP contribution in [0.4, 0.5) is 0 Å². The molecular formula is C30H23ClN2O5S. The van der Waals surface area contributed by atoms with Gasteiger partial charge in [0.2, 0.25) is 15.8 Å². The van der Waals surface area contributed by atoms with Gasteiger partial charge in [-0.3, -0.25) is 4.79 Å². The van der Waals surface area contributed by atoms with E-state index < -0.39 is 27.9 Å². The lowest BCUT2D eigenvalue weighted by molar-refractivity contribution is 0.0280. The molecule has 0 saturated heterocycles. The van der Waals surface area contributed by atoms with Gasteiger partial charge in [-0.05, 0) is 29.8 Å². The maximum absolute atomic E-state index is 13.7. The maximum Gasteiger partial charge on any atom is 0.339 e. The van der Waals surface area contributed by atoms with Crippen molar-refractivity contribution in [1.82, 2.24) is 9.71 Å². The number of halogens is 1. The number of carbonyl (C=O) groups excluding carboxylic acids is 2. The molecule has 0 aliphatic carbocycles. The molecule has 1 heterocycles. The summed E-state index contributed by atoms with van der Waals surface area (Å²) < 4.78 is 34.3. The highest BCUT2D eigenvalue weighted by Crippen LogP contribution is 2.29. The lowest BCUT2D eigenvalue weighted by Gasteiger charge is -2.18. The number of sulfonamides is 1. The molecular weight excluding hydrogens is 536 g/mol. The van der Waals surface area contributed by atoms with E-state index in [4.69, 9.17) is 16.3 Å². The first-order valence-electron chi connectivity index (χ1n) is 12.0. The van der Waals surface area contributed by atoms with E-state index in [9.17, 15) is 18.0 Å². The van der Waals surface area contributed by atoms with Crippen molar-refractivity contribution in [3.8, 4) is 0 Å². The highest BCUT2D eigenvalue weighted by Gasteiger charge is 2.29. The molecule has 0 spiro atoms. The van der Waals surface area contributed by atoms with Crippen LogP contribution in [0, 0.1) is 0 Å². The molecule has 5 aromatic rings. The van der Waals surface area contributed by atoms with Crippen molar-refractivity contribution in [2.75, 3.05) is 0 Å². The standard InChI is InChI=1S/C30H23ClN2O5S/c31-25-16-15-22(17-27(25)39(36,37)33-18-20-9-3-1-4-10-20)30(35)38-29(21-11-5-2-6-12-21)28(34)24-19-32-26-14-8-7-13-23(24)26/h1-17,19,29,32-33H,18H2/t29-/m1/s1. The summed E-state index contributed by atoms with van der Waals surface area (Å²) >= 11 is 6.21. The van der Waals surface area contributed by atoms with Gasteiger partial charge in [0.1, 0.15) is 4.90 Å². The van der Waals surface area contributed by atoms with Crippen molar-refractivity contribution < 1.29 is 22.7 Å². The first-order chi connectivity index (χ1) is 18.8. The van der Waals surface area contributed by atoms with Gasteiger partial charge < -0.3 is 9.72 Å². The number of fused-ring (bicyclic) bond motifs is 1.